The summed E-state index contributed by atoms with van der Waals surface area (Å²) in [6, 6.07) is 0.207. The minimum absolute atomic E-state index is 0.0449. The number of nitrogens with one attached hydrogen (secondary N) is 1. The minimum atomic E-state index is -0.0449. The van der Waals surface area contributed by atoms with Gasteiger partial charge in [0.1, 0.15) is 0 Å². The molecule has 5 heteroatoms. The molecule has 3 atom stereocenters. The fourth-order valence-electron chi connectivity index (χ4n) is 3.07. The van der Waals surface area contributed by atoms with E-state index >= 15 is 0 Å². The summed E-state index contributed by atoms with van der Waals surface area (Å²) in [5, 5.41) is 3.04. The Morgan fingerprint density at radius 2 is 2.00 bits per heavy atom. The van der Waals surface area contributed by atoms with Crippen molar-refractivity contribution in [3.05, 3.63) is 0 Å². The molecule has 0 aromatic heterocycles. The van der Waals surface area contributed by atoms with E-state index in [4.69, 9.17) is 15.2 Å². The molecule has 1 amide bonds. The van der Waals surface area contributed by atoms with Crippen molar-refractivity contribution < 1.29 is 14.3 Å². The summed E-state index contributed by atoms with van der Waals surface area (Å²) >= 11 is 0. The first kappa shape index (κ1) is 18.4. The molecule has 1 aliphatic rings. The lowest BCUT2D eigenvalue weighted by Gasteiger charge is -2.46. The first-order valence-corrected chi connectivity index (χ1v) is 8.01. The van der Waals surface area contributed by atoms with Gasteiger partial charge < -0.3 is 20.5 Å². The van der Waals surface area contributed by atoms with Gasteiger partial charge in [-0.3, -0.25) is 4.79 Å². The third kappa shape index (κ3) is 5.24. The van der Waals surface area contributed by atoms with Crippen LogP contribution in [0.1, 0.15) is 40.0 Å². The summed E-state index contributed by atoms with van der Waals surface area (Å²) in [6.45, 7) is 9.02. The van der Waals surface area contributed by atoms with Crippen molar-refractivity contribution in [2.24, 2.45) is 23.0 Å². The van der Waals surface area contributed by atoms with Crippen LogP contribution in [0.25, 0.3) is 0 Å². The van der Waals surface area contributed by atoms with E-state index in [0.717, 1.165) is 19.3 Å². The Morgan fingerprint density at radius 1 is 1.29 bits per heavy atom. The summed E-state index contributed by atoms with van der Waals surface area (Å²) < 4.78 is 10.3. The third-order valence-corrected chi connectivity index (χ3v) is 5.02. The van der Waals surface area contributed by atoms with Gasteiger partial charge in [0.15, 0.2) is 0 Å². The second-order valence-electron chi connectivity index (χ2n) is 6.65. The number of methoxy groups -OCH3 is 1. The number of hydrogen-bond acceptors (Lipinski definition) is 4. The van der Waals surface area contributed by atoms with Crippen LogP contribution < -0.4 is 11.1 Å². The van der Waals surface area contributed by atoms with E-state index in [0.29, 0.717) is 32.3 Å². The van der Waals surface area contributed by atoms with E-state index in [1.54, 1.807) is 7.11 Å². The van der Waals surface area contributed by atoms with Gasteiger partial charge in [-0.15, -0.1) is 0 Å². The summed E-state index contributed by atoms with van der Waals surface area (Å²) in [5.41, 5.74) is 6.09. The quantitative estimate of drug-likeness (QED) is 0.667. The van der Waals surface area contributed by atoms with E-state index in [1.165, 1.54) is 0 Å². The normalized spacial score (nSPS) is 28.3. The van der Waals surface area contributed by atoms with Gasteiger partial charge in [0.05, 0.1) is 13.2 Å². The van der Waals surface area contributed by atoms with Crippen molar-refractivity contribution in [3.8, 4) is 0 Å². The lowest BCUT2D eigenvalue weighted by Crippen LogP contribution is -2.51. The first-order chi connectivity index (χ1) is 9.91. The van der Waals surface area contributed by atoms with Crippen LogP contribution in [0, 0.1) is 17.3 Å². The average Bonchev–Trinajstić information content (AvgIpc) is 2.43. The van der Waals surface area contributed by atoms with Crippen molar-refractivity contribution in [2.45, 2.75) is 46.1 Å². The van der Waals surface area contributed by atoms with Crippen molar-refractivity contribution in [1.29, 1.82) is 0 Å². The molecule has 0 radical (unpaired) electrons. The third-order valence-electron chi connectivity index (χ3n) is 5.02. The van der Waals surface area contributed by atoms with Gasteiger partial charge in [-0.25, -0.2) is 0 Å². The molecule has 1 rings (SSSR count). The molecule has 0 saturated heterocycles. The summed E-state index contributed by atoms with van der Waals surface area (Å²) in [6.07, 6.45) is 2.65. The van der Waals surface area contributed by atoms with Gasteiger partial charge in [-0.1, -0.05) is 20.8 Å². The van der Waals surface area contributed by atoms with Crippen LogP contribution in [0.2, 0.25) is 0 Å². The first-order valence-electron chi connectivity index (χ1n) is 8.01. The molecule has 0 bridgehead atoms. The number of nitrogens with two attached hydrogens (primary N) is 1. The number of ether oxygens (including phenoxy) is 2. The van der Waals surface area contributed by atoms with Gasteiger partial charge in [0.25, 0.3) is 0 Å². The Kier molecular flexibility index (Phi) is 7.63. The largest absolute Gasteiger partial charge is 0.382 e. The van der Waals surface area contributed by atoms with Crippen LogP contribution in [0.5, 0.6) is 0 Å². The molecule has 124 valence electrons. The van der Waals surface area contributed by atoms with Crippen molar-refractivity contribution in [2.75, 3.05) is 33.5 Å². The fourth-order valence-corrected chi connectivity index (χ4v) is 3.07. The fraction of sp³-hybridized carbons (Fsp3) is 0.938. The number of amides is 1. The topological polar surface area (TPSA) is 73.6 Å². The molecule has 3 N–H and O–H groups in total. The van der Waals surface area contributed by atoms with Crippen LogP contribution >= 0.6 is 0 Å². The smallest absolute Gasteiger partial charge is 0.223 e. The molecule has 21 heavy (non-hydrogen) atoms. The highest BCUT2D eigenvalue weighted by Crippen LogP contribution is 2.44. The molecular weight excluding hydrogens is 268 g/mol. The zero-order chi connectivity index (χ0) is 15.9. The van der Waals surface area contributed by atoms with E-state index in [9.17, 15) is 4.79 Å². The molecular formula is C16H32N2O3. The molecule has 1 saturated carbocycles. The van der Waals surface area contributed by atoms with Gasteiger partial charge >= 0.3 is 0 Å². The number of carbonyl (C=O) groups is 1. The van der Waals surface area contributed by atoms with E-state index in [-0.39, 0.29) is 23.3 Å². The van der Waals surface area contributed by atoms with Crippen LogP contribution in [-0.4, -0.2) is 45.4 Å². The molecule has 0 spiro atoms. The second-order valence-corrected chi connectivity index (χ2v) is 6.65. The SMILES string of the molecule is COCCOCCCNC(=O)C1CCC(N)C(C)C1(C)C. The molecule has 0 aliphatic heterocycles. The Hall–Kier alpha value is -0.650. The van der Waals surface area contributed by atoms with Crippen molar-refractivity contribution in [3.63, 3.8) is 0 Å². The van der Waals surface area contributed by atoms with Crippen molar-refractivity contribution >= 4 is 5.91 Å². The Balaban J connectivity index is 2.28. The van der Waals surface area contributed by atoms with E-state index in [1.807, 2.05) is 0 Å². The van der Waals surface area contributed by atoms with Gasteiger partial charge in [-0.2, -0.15) is 0 Å². The predicted molar refractivity (Wildman–Crippen MR) is 84.0 cm³/mol. The maximum Gasteiger partial charge on any atom is 0.223 e. The Morgan fingerprint density at radius 3 is 2.67 bits per heavy atom. The van der Waals surface area contributed by atoms with Gasteiger partial charge in [0.2, 0.25) is 5.91 Å². The number of carbonyl (C=O) groups excluding carboxylic acids is 1. The lowest BCUT2D eigenvalue weighted by atomic mass is 9.61. The summed E-state index contributed by atoms with van der Waals surface area (Å²) in [5.74, 6) is 0.580. The zero-order valence-corrected chi connectivity index (χ0v) is 14.0. The lowest BCUT2D eigenvalue weighted by molar-refractivity contribution is -0.132. The van der Waals surface area contributed by atoms with Crippen LogP contribution in [0.15, 0.2) is 0 Å². The summed E-state index contributed by atoms with van der Waals surface area (Å²) in [4.78, 5) is 12.4. The molecule has 1 fully saturated rings. The highest BCUT2D eigenvalue weighted by atomic mass is 16.5. The minimum Gasteiger partial charge on any atom is -0.382 e. The maximum absolute atomic E-state index is 12.4. The average molecular weight is 300 g/mol. The molecule has 0 aromatic carbocycles. The number of hydrogen-bond donors (Lipinski definition) is 2. The standard InChI is InChI=1S/C16H32N2O3/c1-12-14(17)7-6-13(16(12,2)3)15(19)18-8-5-9-21-11-10-20-4/h12-14H,5-11,17H2,1-4H3,(H,18,19). The van der Waals surface area contributed by atoms with Crippen LogP contribution in [-0.2, 0) is 14.3 Å². The molecule has 0 aromatic rings. The predicted octanol–water partition coefficient (Wildman–Crippen LogP) is 1.56. The van der Waals surface area contributed by atoms with Crippen LogP contribution in [0.4, 0.5) is 0 Å². The highest BCUT2D eigenvalue weighted by molar-refractivity contribution is 5.79. The summed E-state index contributed by atoms with van der Waals surface area (Å²) in [7, 11) is 1.66. The second kappa shape index (κ2) is 8.71. The Labute approximate surface area is 128 Å². The van der Waals surface area contributed by atoms with Crippen LogP contribution in [0.3, 0.4) is 0 Å². The highest BCUT2D eigenvalue weighted by Gasteiger charge is 2.44. The molecule has 1 aliphatic carbocycles. The van der Waals surface area contributed by atoms with E-state index in [2.05, 4.69) is 26.1 Å². The maximum atomic E-state index is 12.4. The van der Waals surface area contributed by atoms with Gasteiger partial charge in [-0.05, 0) is 30.6 Å². The van der Waals surface area contributed by atoms with Crippen molar-refractivity contribution in [1.82, 2.24) is 5.32 Å². The zero-order valence-electron chi connectivity index (χ0n) is 14.0. The monoisotopic (exact) mass is 300 g/mol. The Bertz CT molecular complexity index is 321. The molecule has 0 heterocycles. The van der Waals surface area contributed by atoms with E-state index < -0.39 is 0 Å². The molecule has 3 unspecified atom stereocenters. The molecule has 5 nitrogen and oxygen atoms in total. The number of rotatable bonds is 8. The van der Waals surface area contributed by atoms with Gasteiger partial charge in [0, 0.05) is 32.2 Å².